The van der Waals surface area contributed by atoms with Gasteiger partial charge in [-0.25, -0.2) is 0 Å². The molecule has 1 saturated heterocycles. The van der Waals surface area contributed by atoms with Crippen molar-refractivity contribution in [1.82, 2.24) is 26.0 Å². The van der Waals surface area contributed by atoms with Crippen molar-refractivity contribution in [1.29, 1.82) is 0 Å². The Morgan fingerprint density at radius 2 is 1.80 bits per heavy atom. The normalized spacial score (nSPS) is 15.8. The summed E-state index contributed by atoms with van der Waals surface area (Å²) in [5.74, 6) is -2.09. The maximum atomic E-state index is 13.3. The maximum absolute atomic E-state index is 13.3. The van der Waals surface area contributed by atoms with Crippen LogP contribution in [0.4, 0.5) is 0 Å². The number of carbonyl (C=O) groups is 5. The lowest BCUT2D eigenvalue weighted by molar-refractivity contribution is -0.136. The van der Waals surface area contributed by atoms with Crippen molar-refractivity contribution in [3.63, 3.8) is 0 Å². The molecule has 4 N–H and O–H groups in total. The van der Waals surface area contributed by atoms with Crippen LogP contribution < -0.4 is 20.7 Å². The van der Waals surface area contributed by atoms with Crippen LogP contribution in [0, 0.1) is 13.8 Å². The van der Waals surface area contributed by atoms with E-state index in [0.717, 1.165) is 16.0 Å². The van der Waals surface area contributed by atoms with Crippen LogP contribution >= 0.6 is 0 Å². The number of aromatic nitrogens is 1. The van der Waals surface area contributed by atoms with Crippen LogP contribution in [0.3, 0.4) is 0 Å². The molecule has 1 fully saturated rings. The van der Waals surface area contributed by atoms with Gasteiger partial charge in [-0.15, -0.1) is 0 Å². The number of hydrogen-bond donors (Lipinski definition) is 4. The molecular formula is C32H35N5O8. The lowest BCUT2D eigenvalue weighted by atomic mass is 10.1. The minimum atomic E-state index is -1.43. The number of benzene rings is 2. The molecule has 1 aliphatic rings. The van der Waals surface area contributed by atoms with Crippen molar-refractivity contribution in [3.8, 4) is 5.75 Å². The predicted octanol–water partition coefficient (Wildman–Crippen LogP) is 1.42. The summed E-state index contributed by atoms with van der Waals surface area (Å²) in [6.45, 7) is 4.73. The maximum Gasteiger partial charge on any atom is 0.274 e. The summed E-state index contributed by atoms with van der Waals surface area (Å²) in [5, 5.41) is 21.7. The number of amides is 5. The van der Waals surface area contributed by atoms with Crippen LogP contribution in [0.15, 0.2) is 64.7 Å². The highest BCUT2D eigenvalue weighted by Crippen LogP contribution is 2.22. The molecule has 13 heteroatoms. The first-order chi connectivity index (χ1) is 21.4. The number of imide groups is 1. The molecule has 2 aromatic carbocycles. The zero-order chi connectivity index (χ0) is 32.7. The minimum absolute atomic E-state index is 0.00702. The van der Waals surface area contributed by atoms with E-state index in [-0.39, 0.29) is 37.1 Å². The number of hydrogen-bond acceptors (Lipinski definition) is 9. The Balaban J connectivity index is 1.49. The highest BCUT2D eigenvalue weighted by atomic mass is 16.5. The van der Waals surface area contributed by atoms with Gasteiger partial charge in [0.25, 0.3) is 11.8 Å². The number of rotatable bonds is 12. The molecule has 3 aromatic rings. The Kier molecular flexibility index (Phi) is 10.5. The molecule has 2 heterocycles. The number of likely N-dealkylation sites (tertiary alicyclic amines) is 1. The molecule has 5 amide bonds. The molecule has 1 aliphatic heterocycles. The number of aliphatic hydroxyl groups excluding tert-OH is 1. The topological polar surface area (TPSA) is 180 Å². The summed E-state index contributed by atoms with van der Waals surface area (Å²) in [5.41, 5.74) is 2.76. The smallest absolute Gasteiger partial charge is 0.274 e. The molecule has 1 unspecified atom stereocenters. The number of nitrogens with one attached hydrogen (secondary N) is 3. The zero-order valence-electron chi connectivity index (χ0n) is 25.3. The van der Waals surface area contributed by atoms with E-state index in [1.54, 1.807) is 37.3 Å². The number of aryl methyl sites for hydroxylation is 2. The monoisotopic (exact) mass is 617 g/mol. The summed E-state index contributed by atoms with van der Waals surface area (Å²) >= 11 is 0. The second-order valence-electron chi connectivity index (χ2n) is 10.8. The number of carbonyl (C=O) groups excluding carboxylic acids is 5. The fourth-order valence-electron chi connectivity index (χ4n) is 4.43. The SMILES string of the molecule is Cc1ccc(CNC(=O)C(COc2cccc(C=C3CC(=O)N(C)C3=O)c2)NC(=O)[C@@H](NC(=O)c2cc(C)on2)[C@@H](C)O)cc1. The van der Waals surface area contributed by atoms with E-state index in [2.05, 4.69) is 21.1 Å². The zero-order valence-corrected chi connectivity index (χ0v) is 25.3. The lowest BCUT2D eigenvalue weighted by Crippen LogP contribution is -2.58. The van der Waals surface area contributed by atoms with Crippen LogP contribution in [-0.2, 0) is 25.7 Å². The van der Waals surface area contributed by atoms with Gasteiger partial charge in [-0.1, -0.05) is 47.1 Å². The highest BCUT2D eigenvalue weighted by molar-refractivity contribution is 6.15. The Bertz CT molecular complexity index is 1610. The fourth-order valence-corrected chi connectivity index (χ4v) is 4.43. The number of aliphatic hydroxyl groups is 1. The molecule has 4 rings (SSSR count). The fraction of sp³-hybridized carbons (Fsp3) is 0.312. The summed E-state index contributed by atoms with van der Waals surface area (Å²) in [4.78, 5) is 64.5. The van der Waals surface area contributed by atoms with E-state index < -0.39 is 35.9 Å². The van der Waals surface area contributed by atoms with Crippen LogP contribution in [0.25, 0.3) is 6.08 Å². The van der Waals surface area contributed by atoms with Gasteiger partial charge < -0.3 is 30.3 Å². The number of nitrogens with zero attached hydrogens (tertiary/aromatic N) is 2. The Hall–Kier alpha value is -5.30. The van der Waals surface area contributed by atoms with Crippen molar-refractivity contribution >= 4 is 35.6 Å². The highest BCUT2D eigenvalue weighted by Gasteiger charge is 2.32. The van der Waals surface area contributed by atoms with Gasteiger partial charge in [0.15, 0.2) is 5.69 Å². The third kappa shape index (κ3) is 8.63. The van der Waals surface area contributed by atoms with Gasteiger partial charge in [0.1, 0.15) is 30.2 Å². The Morgan fingerprint density at radius 3 is 2.42 bits per heavy atom. The molecule has 236 valence electrons. The predicted molar refractivity (Wildman–Crippen MR) is 161 cm³/mol. The average Bonchev–Trinajstić information content (AvgIpc) is 3.55. The van der Waals surface area contributed by atoms with Gasteiger partial charge >= 0.3 is 0 Å². The first kappa shape index (κ1) is 32.6. The van der Waals surface area contributed by atoms with E-state index in [1.165, 1.54) is 20.0 Å². The van der Waals surface area contributed by atoms with Gasteiger partial charge in [-0.3, -0.25) is 28.9 Å². The second-order valence-corrected chi connectivity index (χ2v) is 10.8. The first-order valence-corrected chi connectivity index (χ1v) is 14.2. The Morgan fingerprint density at radius 1 is 1.07 bits per heavy atom. The molecule has 1 aromatic heterocycles. The molecule has 0 aliphatic carbocycles. The minimum Gasteiger partial charge on any atom is -0.491 e. The van der Waals surface area contributed by atoms with Crippen LogP contribution in [-0.4, -0.2) is 76.5 Å². The van der Waals surface area contributed by atoms with Crippen molar-refractivity contribution in [2.75, 3.05) is 13.7 Å². The van der Waals surface area contributed by atoms with E-state index in [4.69, 9.17) is 9.26 Å². The van der Waals surface area contributed by atoms with Crippen molar-refractivity contribution in [2.45, 2.75) is 51.9 Å². The van der Waals surface area contributed by atoms with Crippen molar-refractivity contribution in [2.24, 2.45) is 0 Å². The largest absolute Gasteiger partial charge is 0.491 e. The third-order valence-electron chi connectivity index (χ3n) is 7.04. The lowest BCUT2D eigenvalue weighted by Gasteiger charge is -2.24. The van der Waals surface area contributed by atoms with Gasteiger partial charge in [0.05, 0.1) is 12.5 Å². The van der Waals surface area contributed by atoms with Gasteiger partial charge in [0.2, 0.25) is 17.7 Å². The van der Waals surface area contributed by atoms with Gasteiger partial charge in [0, 0.05) is 25.2 Å². The number of ether oxygens (including phenoxy) is 1. The molecular weight excluding hydrogens is 582 g/mol. The molecule has 0 bridgehead atoms. The van der Waals surface area contributed by atoms with Gasteiger partial charge in [-0.05, 0) is 50.1 Å². The summed E-state index contributed by atoms with van der Waals surface area (Å²) in [7, 11) is 1.42. The number of likely N-dealkylation sites (N-methyl/N-ethyl adjacent to an activating group) is 1. The van der Waals surface area contributed by atoms with Crippen LogP contribution in [0.2, 0.25) is 0 Å². The van der Waals surface area contributed by atoms with Crippen LogP contribution in [0.1, 0.15) is 46.3 Å². The molecule has 3 atom stereocenters. The molecule has 0 spiro atoms. The average molecular weight is 618 g/mol. The van der Waals surface area contributed by atoms with Gasteiger partial charge in [-0.2, -0.15) is 0 Å². The van der Waals surface area contributed by atoms with Crippen molar-refractivity contribution in [3.05, 3.63) is 88.3 Å². The second kappa shape index (κ2) is 14.4. The van der Waals surface area contributed by atoms with E-state index in [9.17, 15) is 29.1 Å². The molecule has 0 radical (unpaired) electrons. The Labute approximate surface area is 259 Å². The third-order valence-corrected chi connectivity index (χ3v) is 7.04. The first-order valence-electron chi connectivity index (χ1n) is 14.2. The van der Waals surface area contributed by atoms with E-state index >= 15 is 0 Å². The van der Waals surface area contributed by atoms with Crippen LogP contribution in [0.5, 0.6) is 5.75 Å². The molecule has 45 heavy (non-hydrogen) atoms. The standard InChI is InChI=1S/C32H35N5O8/c1-18-8-10-21(11-9-18)16-33-29(40)26(34-31(42)28(20(3)38)35-30(41)25-12-19(2)45-36-25)17-44-24-7-5-6-22(14-24)13-23-15-27(39)37(4)32(23)43/h5-14,20,26,28,38H,15-17H2,1-4H3,(H,33,40)(H,34,42)(H,35,41)/t20-,26?,28+/m1/s1. The quantitative estimate of drug-likeness (QED) is 0.173. The van der Waals surface area contributed by atoms with E-state index in [1.807, 2.05) is 31.2 Å². The molecule has 0 saturated carbocycles. The molecule has 13 nitrogen and oxygen atoms in total. The van der Waals surface area contributed by atoms with E-state index in [0.29, 0.717) is 22.6 Å². The summed E-state index contributed by atoms with van der Waals surface area (Å²) in [6.07, 6.45) is 0.261. The summed E-state index contributed by atoms with van der Waals surface area (Å²) < 4.78 is 10.8. The van der Waals surface area contributed by atoms with Crippen molar-refractivity contribution < 1.29 is 38.3 Å². The summed E-state index contributed by atoms with van der Waals surface area (Å²) in [6, 6.07) is 12.9.